The van der Waals surface area contributed by atoms with E-state index in [1.165, 1.54) is 11.3 Å². The number of carboxylic acid groups (broad SMARTS) is 1. The summed E-state index contributed by atoms with van der Waals surface area (Å²) >= 11 is 17.7. The Morgan fingerprint density at radius 1 is 1.40 bits per heavy atom. The maximum Gasteiger partial charge on any atom is 0.339 e. The van der Waals surface area contributed by atoms with E-state index >= 15 is 0 Å². The fourth-order valence-electron chi connectivity index (χ4n) is 2.24. The second kappa shape index (κ2) is 5.72. The van der Waals surface area contributed by atoms with Crippen LogP contribution in [0.2, 0.25) is 0 Å². The van der Waals surface area contributed by atoms with Crippen LogP contribution in [0.15, 0.2) is 0 Å². The molecule has 0 fully saturated rings. The number of fused-ring (bicyclic) bond motifs is 1. The Morgan fingerprint density at radius 3 is 2.60 bits per heavy atom. The zero-order valence-electron chi connectivity index (χ0n) is 10.5. The van der Waals surface area contributed by atoms with Crippen molar-refractivity contribution < 1.29 is 14.7 Å². The molecule has 1 amide bonds. The van der Waals surface area contributed by atoms with Gasteiger partial charge in [0.2, 0.25) is 0 Å². The Morgan fingerprint density at radius 2 is 2.05 bits per heavy atom. The predicted octanol–water partition coefficient (Wildman–Crippen LogP) is 3.88. The molecule has 8 heteroatoms. The molecule has 0 aliphatic heterocycles. The third-order valence-corrected chi connectivity index (χ3v) is 4.89. The molecular formula is C12H12Cl3NO3S. The number of carbonyl (C=O) groups excluding carboxylic acids is 1. The van der Waals surface area contributed by atoms with Crippen LogP contribution in [0, 0.1) is 5.92 Å². The average Bonchev–Trinajstić information content (AvgIpc) is 2.64. The molecule has 1 aliphatic carbocycles. The number of amides is 1. The van der Waals surface area contributed by atoms with Crippen molar-refractivity contribution in [2.75, 3.05) is 5.32 Å². The number of anilines is 1. The fourth-order valence-corrected chi connectivity index (χ4v) is 3.78. The van der Waals surface area contributed by atoms with Gasteiger partial charge in [0.25, 0.3) is 9.70 Å². The first-order valence-corrected chi connectivity index (χ1v) is 7.91. The van der Waals surface area contributed by atoms with Crippen molar-refractivity contribution in [3.63, 3.8) is 0 Å². The fraction of sp³-hybridized carbons (Fsp3) is 0.500. The molecule has 110 valence electrons. The van der Waals surface area contributed by atoms with Gasteiger partial charge in [-0.3, -0.25) is 4.79 Å². The van der Waals surface area contributed by atoms with E-state index in [0.29, 0.717) is 12.3 Å². The first kappa shape index (κ1) is 15.9. The van der Waals surface area contributed by atoms with Gasteiger partial charge in [-0.25, -0.2) is 4.79 Å². The van der Waals surface area contributed by atoms with Gasteiger partial charge in [0, 0.05) is 4.88 Å². The molecule has 2 rings (SSSR count). The summed E-state index contributed by atoms with van der Waals surface area (Å²) in [5, 5.41) is 12.0. The Hall–Kier alpha value is -0.490. The van der Waals surface area contributed by atoms with Crippen LogP contribution in [0.3, 0.4) is 0 Å². The molecular weight excluding hydrogens is 345 g/mol. The van der Waals surface area contributed by atoms with Crippen molar-refractivity contribution in [1.29, 1.82) is 0 Å². The number of carboxylic acids is 1. The minimum Gasteiger partial charge on any atom is -0.478 e. The van der Waals surface area contributed by atoms with E-state index in [2.05, 4.69) is 12.2 Å². The molecule has 0 bridgehead atoms. The lowest BCUT2D eigenvalue weighted by atomic mass is 9.88. The highest BCUT2D eigenvalue weighted by Gasteiger charge is 2.34. The van der Waals surface area contributed by atoms with E-state index in [-0.39, 0.29) is 10.6 Å². The zero-order valence-corrected chi connectivity index (χ0v) is 13.6. The molecule has 0 spiro atoms. The number of hydrogen-bond acceptors (Lipinski definition) is 3. The highest BCUT2D eigenvalue weighted by Crippen LogP contribution is 2.40. The van der Waals surface area contributed by atoms with Gasteiger partial charge >= 0.3 is 5.97 Å². The van der Waals surface area contributed by atoms with Gasteiger partial charge in [-0.2, -0.15) is 0 Å². The van der Waals surface area contributed by atoms with E-state index in [4.69, 9.17) is 34.8 Å². The first-order valence-electron chi connectivity index (χ1n) is 5.96. The number of thiophene rings is 1. The minimum atomic E-state index is -2.12. The first-order chi connectivity index (χ1) is 9.20. The summed E-state index contributed by atoms with van der Waals surface area (Å²) in [6.07, 6.45) is 2.43. The van der Waals surface area contributed by atoms with Crippen LogP contribution in [-0.2, 0) is 17.6 Å². The molecule has 0 saturated carbocycles. The van der Waals surface area contributed by atoms with Crippen LogP contribution >= 0.6 is 46.1 Å². The van der Waals surface area contributed by atoms with Gasteiger partial charge < -0.3 is 10.4 Å². The molecule has 1 heterocycles. The number of hydrogen-bond donors (Lipinski definition) is 2. The smallest absolute Gasteiger partial charge is 0.339 e. The number of rotatable bonds is 2. The van der Waals surface area contributed by atoms with Gasteiger partial charge in [0.1, 0.15) is 5.00 Å². The van der Waals surface area contributed by atoms with Gasteiger partial charge in [0.15, 0.2) is 0 Å². The van der Waals surface area contributed by atoms with Gasteiger partial charge in [0.05, 0.1) is 5.56 Å². The summed E-state index contributed by atoms with van der Waals surface area (Å²) in [5.41, 5.74) is 0.916. The van der Waals surface area contributed by atoms with Crippen molar-refractivity contribution >= 4 is 63.0 Å². The van der Waals surface area contributed by atoms with Crippen LogP contribution in [-0.4, -0.2) is 20.8 Å². The highest BCUT2D eigenvalue weighted by atomic mass is 35.6. The highest BCUT2D eigenvalue weighted by molar-refractivity contribution is 7.17. The van der Waals surface area contributed by atoms with Gasteiger partial charge in [-0.05, 0) is 30.7 Å². The third-order valence-electron chi connectivity index (χ3n) is 3.21. The van der Waals surface area contributed by atoms with Crippen molar-refractivity contribution in [2.45, 2.75) is 30.0 Å². The van der Waals surface area contributed by atoms with E-state index in [9.17, 15) is 14.7 Å². The molecule has 20 heavy (non-hydrogen) atoms. The van der Waals surface area contributed by atoms with Crippen molar-refractivity contribution in [3.8, 4) is 0 Å². The van der Waals surface area contributed by atoms with Crippen LogP contribution in [0.1, 0.15) is 34.1 Å². The lowest BCUT2D eigenvalue weighted by Gasteiger charge is -2.17. The molecule has 1 aliphatic rings. The molecule has 4 nitrogen and oxygen atoms in total. The minimum absolute atomic E-state index is 0.125. The van der Waals surface area contributed by atoms with E-state index in [1.54, 1.807) is 0 Å². The van der Waals surface area contributed by atoms with Gasteiger partial charge in [-0.15, -0.1) is 11.3 Å². The molecule has 0 saturated heterocycles. The standard InChI is InChI=1S/C12H12Cl3NO3S/c1-5-2-3-6-7(4-5)20-9(8(6)10(17)18)16-11(19)12(13,14)15/h5H,2-4H2,1H3,(H,16,19)(H,17,18). The summed E-state index contributed by atoms with van der Waals surface area (Å²) < 4.78 is -2.12. The summed E-state index contributed by atoms with van der Waals surface area (Å²) in [7, 11) is 0. The van der Waals surface area contributed by atoms with Crippen molar-refractivity contribution in [1.82, 2.24) is 0 Å². The third kappa shape index (κ3) is 3.22. The number of nitrogens with one attached hydrogen (secondary N) is 1. The normalized spacial score (nSPS) is 18.5. The second-order valence-corrected chi connectivity index (χ2v) is 8.20. The summed E-state index contributed by atoms with van der Waals surface area (Å²) in [6, 6.07) is 0. The lowest BCUT2D eigenvalue weighted by molar-refractivity contribution is -0.115. The maximum absolute atomic E-state index is 11.7. The topological polar surface area (TPSA) is 66.4 Å². The molecule has 1 aromatic rings. The van der Waals surface area contributed by atoms with E-state index in [1.807, 2.05) is 0 Å². The number of halogens is 3. The van der Waals surface area contributed by atoms with Crippen molar-refractivity contribution in [3.05, 3.63) is 16.0 Å². The Balaban J connectivity index is 2.38. The number of alkyl halides is 3. The predicted molar refractivity (Wildman–Crippen MR) is 81.4 cm³/mol. The number of carbonyl (C=O) groups is 2. The largest absolute Gasteiger partial charge is 0.478 e. The maximum atomic E-state index is 11.7. The SMILES string of the molecule is CC1CCc2c(sc(NC(=O)C(Cl)(Cl)Cl)c2C(=O)O)C1. The monoisotopic (exact) mass is 355 g/mol. The molecule has 2 N–H and O–H groups in total. The Bertz CT molecular complexity index is 565. The van der Waals surface area contributed by atoms with Crippen LogP contribution < -0.4 is 5.32 Å². The van der Waals surface area contributed by atoms with Crippen LogP contribution in [0.5, 0.6) is 0 Å². The average molecular weight is 357 g/mol. The van der Waals surface area contributed by atoms with Gasteiger partial charge in [-0.1, -0.05) is 41.7 Å². The Labute approximate surface area is 135 Å². The quantitative estimate of drug-likeness (QED) is 0.790. The molecule has 1 aromatic heterocycles. The Kier molecular flexibility index (Phi) is 4.54. The summed E-state index contributed by atoms with van der Waals surface area (Å²) in [4.78, 5) is 24.1. The van der Waals surface area contributed by atoms with Crippen molar-refractivity contribution in [2.24, 2.45) is 5.92 Å². The van der Waals surface area contributed by atoms with Crippen LogP contribution in [0.25, 0.3) is 0 Å². The van der Waals surface area contributed by atoms with E-state index < -0.39 is 15.7 Å². The van der Waals surface area contributed by atoms with Crippen LogP contribution in [0.4, 0.5) is 5.00 Å². The number of aromatic carboxylic acids is 1. The second-order valence-electron chi connectivity index (χ2n) is 4.81. The van der Waals surface area contributed by atoms with E-state index in [0.717, 1.165) is 23.3 Å². The molecule has 1 unspecified atom stereocenters. The molecule has 0 aromatic carbocycles. The zero-order chi connectivity index (χ0) is 15.1. The molecule has 0 radical (unpaired) electrons. The summed E-state index contributed by atoms with van der Waals surface area (Å²) in [5.74, 6) is -1.42. The molecule has 1 atom stereocenters. The lowest BCUT2D eigenvalue weighted by Crippen LogP contribution is -2.27. The summed E-state index contributed by atoms with van der Waals surface area (Å²) in [6.45, 7) is 2.11.